The van der Waals surface area contributed by atoms with Gasteiger partial charge in [-0.05, 0) is 36.8 Å². The molecule has 0 saturated carbocycles. The summed E-state index contributed by atoms with van der Waals surface area (Å²) in [5, 5.41) is 22.8. The van der Waals surface area contributed by atoms with Gasteiger partial charge in [-0.15, -0.1) is 0 Å². The van der Waals surface area contributed by atoms with Gasteiger partial charge in [0.25, 0.3) is 11.6 Å². The van der Waals surface area contributed by atoms with Crippen molar-refractivity contribution in [2.75, 3.05) is 6.61 Å². The highest BCUT2D eigenvalue weighted by molar-refractivity contribution is 6.03. The van der Waals surface area contributed by atoms with Gasteiger partial charge in [0.2, 0.25) is 0 Å². The maximum Gasteiger partial charge on any atom is 0.438 e. The fraction of sp³-hybridized carbons (Fsp3) is 0.250. The molecule has 1 atom stereocenters. The van der Waals surface area contributed by atoms with E-state index in [-0.39, 0.29) is 16.5 Å². The van der Waals surface area contributed by atoms with Crippen molar-refractivity contribution in [3.05, 3.63) is 65.2 Å². The van der Waals surface area contributed by atoms with Gasteiger partial charge in [-0.25, -0.2) is 0 Å². The van der Waals surface area contributed by atoms with Crippen LogP contribution in [-0.4, -0.2) is 40.2 Å². The molecule has 2 aromatic carbocycles. The number of carbonyl (C=O) groups is 1. The van der Waals surface area contributed by atoms with E-state index in [9.17, 15) is 23.1 Å². The van der Waals surface area contributed by atoms with Gasteiger partial charge in [0, 0.05) is 0 Å². The molecular formula is C20H16F3N3O3. The largest absolute Gasteiger partial charge is 0.484 e. The minimum Gasteiger partial charge on any atom is -0.484 e. The lowest BCUT2D eigenvalue weighted by atomic mass is 10.00. The molecule has 0 fully saturated rings. The lowest BCUT2D eigenvalue weighted by Gasteiger charge is -2.32. The molecule has 1 heterocycles. The van der Waals surface area contributed by atoms with Gasteiger partial charge in [-0.1, -0.05) is 29.8 Å². The summed E-state index contributed by atoms with van der Waals surface area (Å²) < 4.78 is 45.9. The number of ether oxygens (including phenoxy) is 1. The van der Waals surface area contributed by atoms with Gasteiger partial charge < -0.3 is 9.84 Å². The summed E-state index contributed by atoms with van der Waals surface area (Å²) in [6.45, 7) is 1.05. The van der Waals surface area contributed by atoms with Crippen LogP contribution in [0.1, 0.15) is 23.1 Å². The normalized spacial score (nSPS) is 18.9. The zero-order valence-corrected chi connectivity index (χ0v) is 15.3. The van der Waals surface area contributed by atoms with Crippen LogP contribution in [0.4, 0.5) is 13.2 Å². The summed E-state index contributed by atoms with van der Waals surface area (Å²) in [6, 6.07) is 14.2. The molecule has 1 aliphatic heterocycles. The quantitative estimate of drug-likeness (QED) is 0.850. The van der Waals surface area contributed by atoms with Crippen LogP contribution < -0.4 is 4.74 Å². The van der Waals surface area contributed by atoms with Crippen LogP contribution in [0.2, 0.25) is 0 Å². The summed E-state index contributed by atoms with van der Waals surface area (Å²) in [6.07, 6.45) is -6.00. The number of carbonyl (C=O) groups excluding carboxylic acids is 1. The third-order valence-electron chi connectivity index (χ3n) is 4.41. The second-order valence-electron chi connectivity index (χ2n) is 6.53. The number of hydrazone groups is 1. The predicted molar refractivity (Wildman–Crippen MR) is 96.8 cm³/mol. The molecule has 150 valence electrons. The Labute approximate surface area is 164 Å². The van der Waals surface area contributed by atoms with Gasteiger partial charge >= 0.3 is 6.18 Å². The SMILES string of the molecule is Cc1ccc(C2=NN(C(=O)COc3ccc(C#N)cc3)[C@](O)(C(F)(F)F)C2)cc1. The molecule has 0 radical (unpaired) electrons. The van der Waals surface area contributed by atoms with Crippen LogP contribution in [0.25, 0.3) is 0 Å². The summed E-state index contributed by atoms with van der Waals surface area (Å²) in [7, 11) is 0. The zero-order valence-electron chi connectivity index (χ0n) is 15.3. The average molecular weight is 403 g/mol. The van der Waals surface area contributed by atoms with Crippen LogP contribution in [0.5, 0.6) is 5.75 Å². The number of nitriles is 1. The number of hydrogen-bond acceptors (Lipinski definition) is 5. The molecule has 6 nitrogen and oxygen atoms in total. The highest BCUT2D eigenvalue weighted by atomic mass is 19.4. The molecular weight excluding hydrogens is 387 g/mol. The van der Waals surface area contributed by atoms with Crippen molar-refractivity contribution in [1.82, 2.24) is 5.01 Å². The van der Waals surface area contributed by atoms with E-state index in [0.29, 0.717) is 11.1 Å². The van der Waals surface area contributed by atoms with E-state index in [4.69, 9.17) is 10.00 Å². The van der Waals surface area contributed by atoms with Gasteiger partial charge in [0.05, 0.1) is 23.8 Å². The Balaban J connectivity index is 1.82. The number of nitrogens with zero attached hydrogens (tertiary/aromatic N) is 3. The number of aryl methyl sites for hydroxylation is 1. The van der Waals surface area contributed by atoms with Gasteiger partial charge in [0.15, 0.2) is 6.61 Å². The van der Waals surface area contributed by atoms with E-state index >= 15 is 0 Å². The number of benzene rings is 2. The van der Waals surface area contributed by atoms with Crippen molar-refractivity contribution in [2.24, 2.45) is 5.10 Å². The lowest BCUT2D eigenvalue weighted by Crippen LogP contribution is -2.57. The van der Waals surface area contributed by atoms with Gasteiger partial charge in [-0.2, -0.15) is 28.5 Å². The molecule has 0 unspecified atom stereocenters. The highest BCUT2D eigenvalue weighted by Gasteiger charge is 2.63. The molecule has 1 N–H and O–H groups in total. The minimum absolute atomic E-state index is 0.0336. The third kappa shape index (κ3) is 4.07. The predicted octanol–water partition coefficient (Wildman–Crippen LogP) is 3.13. The Morgan fingerprint density at radius 3 is 2.41 bits per heavy atom. The molecule has 29 heavy (non-hydrogen) atoms. The molecule has 1 amide bonds. The highest BCUT2D eigenvalue weighted by Crippen LogP contribution is 2.41. The van der Waals surface area contributed by atoms with Crippen molar-refractivity contribution in [3.63, 3.8) is 0 Å². The first-order chi connectivity index (χ1) is 13.6. The Bertz CT molecular complexity index is 979. The monoisotopic (exact) mass is 403 g/mol. The Morgan fingerprint density at radius 1 is 1.24 bits per heavy atom. The third-order valence-corrected chi connectivity index (χ3v) is 4.41. The zero-order chi connectivity index (χ0) is 21.2. The molecule has 0 spiro atoms. The number of hydrogen-bond donors (Lipinski definition) is 1. The number of amides is 1. The van der Waals surface area contributed by atoms with E-state index in [1.165, 1.54) is 24.3 Å². The molecule has 1 aliphatic rings. The fourth-order valence-electron chi connectivity index (χ4n) is 2.77. The molecule has 0 bridgehead atoms. The summed E-state index contributed by atoms with van der Waals surface area (Å²) >= 11 is 0. The second-order valence-corrected chi connectivity index (χ2v) is 6.53. The van der Waals surface area contributed by atoms with Crippen molar-refractivity contribution < 1.29 is 27.8 Å². The fourth-order valence-corrected chi connectivity index (χ4v) is 2.77. The second kappa shape index (κ2) is 7.56. The standard InChI is InChI=1S/C20H16F3N3O3/c1-13-2-6-15(7-3-13)17-10-19(28,20(21,22)23)26(25-17)18(27)12-29-16-8-4-14(11-24)5-9-16/h2-9,28H,10,12H2,1H3/t19-/m1/s1. The Kier molecular flexibility index (Phi) is 5.31. The number of rotatable bonds is 4. The first kappa shape index (κ1) is 20.4. The van der Waals surface area contributed by atoms with Gasteiger partial charge in [-0.3, -0.25) is 4.79 Å². The Hall–Kier alpha value is -3.38. The lowest BCUT2D eigenvalue weighted by molar-refractivity contribution is -0.302. The van der Waals surface area contributed by atoms with Crippen molar-refractivity contribution >= 4 is 11.6 Å². The molecule has 0 aliphatic carbocycles. The first-order valence-electron chi connectivity index (χ1n) is 8.54. The minimum atomic E-state index is -5.12. The van der Waals surface area contributed by atoms with E-state index in [1.807, 2.05) is 13.0 Å². The molecule has 2 aromatic rings. The van der Waals surface area contributed by atoms with Crippen LogP contribution in [-0.2, 0) is 4.79 Å². The topological polar surface area (TPSA) is 85.9 Å². The smallest absolute Gasteiger partial charge is 0.438 e. The molecule has 3 rings (SSSR count). The average Bonchev–Trinajstić information content (AvgIpc) is 3.06. The summed E-state index contributed by atoms with van der Waals surface area (Å²) in [5.74, 6) is -0.967. The van der Waals surface area contributed by atoms with E-state index < -0.39 is 30.8 Å². The van der Waals surface area contributed by atoms with Crippen LogP contribution in [0.15, 0.2) is 53.6 Å². The number of aliphatic hydroxyl groups is 1. The van der Waals surface area contributed by atoms with Crippen molar-refractivity contribution in [1.29, 1.82) is 5.26 Å². The van der Waals surface area contributed by atoms with Crippen molar-refractivity contribution in [3.8, 4) is 11.8 Å². The summed E-state index contributed by atoms with van der Waals surface area (Å²) in [5.41, 5.74) is -1.87. The van der Waals surface area contributed by atoms with Gasteiger partial charge in [0.1, 0.15) is 5.75 Å². The van der Waals surface area contributed by atoms with Crippen molar-refractivity contribution in [2.45, 2.75) is 25.2 Å². The summed E-state index contributed by atoms with van der Waals surface area (Å²) in [4.78, 5) is 12.4. The molecule has 0 saturated heterocycles. The first-order valence-corrected chi connectivity index (χ1v) is 8.54. The maximum atomic E-state index is 13.6. The van der Waals surface area contributed by atoms with Crippen LogP contribution >= 0.6 is 0 Å². The number of halogens is 3. The number of alkyl halides is 3. The van der Waals surface area contributed by atoms with E-state index in [0.717, 1.165) is 5.56 Å². The maximum absolute atomic E-state index is 13.6. The Morgan fingerprint density at radius 2 is 1.86 bits per heavy atom. The molecule has 9 heteroatoms. The van der Waals surface area contributed by atoms with E-state index in [2.05, 4.69) is 5.10 Å². The molecule has 0 aromatic heterocycles. The van der Waals surface area contributed by atoms with E-state index in [1.54, 1.807) is 24.3 Å². The van der Waals surface area contributed by atoms with Crippen LogP contribution in [0, 0.1) is 18.3 Å². The van der Waals surface area contributed by atoms with Crippen LogP contribution in [0.3, 0.4) is 0 Å².